The average molecular weight is 366 g/mol. The summed E-state index contributed by atoms with van der Waals surface area (Å²) < 4.78 is 15.4. The Morgan fingerprint density at radius 1 is 1.36 bits per heavy atom. The SMILES string of the molecule is CC(C)c1nc(C(=O)NCCSCC(=O)O)nn1-c1ccccc1F. The molecule has 0 bridgehead atoms. The zero-order valence-corrected chi connectivity index (χ0v) is 14.7. The number of carboxylic acids is 1. The Hall–Kier alpha value is -2.42. The van der Waals surface area contributed by atoms with Crippen LogP contribution in [0.3, 0.4) is 0 Å². The van der Waals surface area contributed by atoms with E-state index in [1.165, 1.54) is 22.5 Å². The van der Waals surface area contributed by atoms with E-state index in [4.69, 9.17) is 5.11 Å². The number of carboxylic acid groups (broad SMARTS) is 1. The van der Waals surface area contributed by atoms with E-state index in [-0.39, 0.29) is 23.2 Å². The molecule has 0 fully saturated rings. The molecular formula is C16H19FN4O3S. The minimum atomic E-state index is -0.900. The van der Waals surface area contributed by atoms with Crippen LogP contribution in [0.15, 0.2) is 24.3 Å². The van der Waals surface area contributed by atoms with E-state index >= 15 is 0 Å². The molecule has 0 spiro atoms. The number of nitrogens with zero attached hydrogens (tertiary/aromatic N) is 3. The number of benzene rings is 1. The number of hydrogen-bond acceptors (Lipinski definition) is 5. The van der Waals surface area contributed by atoms with E-state index in [0.29, 0.717) is 18.1 Å². The Kier molecular flexibility index (Phi) is 6.51. The molecular weight excluding hydrogens is 347 g/mol. The number of halogens is 1. The minimum Gasteiger partial charge on any atom is -0.481 e. The third-order valence-corrected chi connectivity index (χ3v) is 4.13. The molecule has 0 saturated carbocycles. The number of carbonyl (C=O) groups is 2. The van der Waals surface area contributed by atoms with Gasteiger partial charge in [-0.25, -0.2) is 14.1 Å². The fourth-order valence-electron chi connectivity index (χ4n) is 2.07. The Labute approximate surface area is 148 Å². The summed E-state index contributed by atoms with van der Waals surface area (Å²) in [4.78, 5) is 26.8. The molecule has 0 atom stereocenters. The van der Waals surface area contributed by atoms with E-state index in [1.54, 1.807) is 18.2 Å². The van der Waals surface area contributed by atoms with Gasteiger partial charge in [-0.05, 0) is 12.1 Å². The summed E-state index contributed by atoms with van der Waals surface area (Å²) in [7, 11) is 0. The van der Waals surface area contributed by atoms with Gasteiger partial charge in [0.2, 0.25) is 5.82 Å². The van der Waals surface area contributed by atoms with Crippen molar-refractivity contribution in [3.8, 4) is 5.69 Å². The maximum Gasteiger partial charge on any atom is 0.313 e. The number of carbonyl (C=O) groups excluding carboxylic acids is 1. The van der Waals surface area contributed by atoms with E-state index in [1.807, 2.05) is 13.8 Å². The maximum atomic E-state index is 14.0. The highest BCUT2D eigenvalue weighted by Crippen LogP contribution is 2.19. The molecule has 0 aliphatic rings. The van der Waals surface area contributed by atoms with Crippen LogP contribution in [0.5, 0.6) is 0 Å². The first-order valence-electron chi connectivity index (χ1n) is 7.69. The zero-order chi connectivity index (χ0) is 18.4. The molecule has 1 amide bonds. The van der Waals surface area contributed by atoms with Gasteiger partial charge in [-0.1, -0.05) is 26.0 Å². The fraction of sp³-hybridized carbons (Fsp3) is 0.375. The summed E-state index contributed by atoms with van der Waals surface area (Å²) in [5.74, 6) is -1.01. The van der Waals surface area contributed by atoms with Crippen LogP contribution in [0.1, 0.15) is 36.2 Å². The molecule has 0 aliphatic heterocycles. The molecule has 0 aliphatic carbocycles. The van der Waals surface area contributed by atoms with Crippen molar-refractivity contribution in [2.75, 3.05) is 18.1 Å². The van der Waals surface area contributed by atoms with Crippen LogP contribution >= 0.6 is 11.8 Å². The van der Waals surface area contributed by atoms with Gasteiger partial charge >= 0.3 is 5.97 Å². The number of amides is 1. The van der Waals surface area contributed by atoms with Gasteiger partial charge in [-0.3, -0.25) is 9.59 Å². The monoisotopic (exact) mass is 366 g/mol. The van der Waals surface area contributed by atoms with Crippen LogP contribution in [0.25, 0.3) is 5.69 Å². The standard InChI is InChI=1S/C16H19FN4O3S/c1-10(2)15-19-14(16(24)18-7-8-25-9-13(22)23)20-21(15)12-6-4-3-5-11(12)17/h3-6,10H,7-9H2,1-2H3,(H,18,24)(H,22,23). The Morgan fingerprint density at radius 2 is 2.08 bits per heavy atom. The highest BCUT2D eigenvalue weighted by molar-refractivity contribution is 7.99. The smallest absolute Gasteiger partial charge is 0.313 e. The zero-order valence-electron chi connectivity index (χ0n) is 13.9. The molecule has 9 heteroatoms. The van der Waals surface area contributed by atoms with Crippen LogP contribution in [-0.2, 0) is 4.79 Å². The topological polar surface area (TPSA) is 97.1 Å². The first-order chi connectivity index (χ1) is 11.9. The van der Waals surface area contributed by atoms with Gasteiger partial charge in [-0.15, -0.1) is 16.9 Å². The van der Waals surface area contributed by atoms with Crippen molar-refractivity contribution in [2.24, 2.45) is 0 Å². The molecule has 0 saturated heterocycles. The number of nitrogens with one attached hydrogen (secondary N) is 1. The van der Waals surface area contributed by atoms with Gasteiger partial charge in [0.05, 0.1) is 5.75 Å². The Bertz CT molecular complexity index is 764. The van der Waals surface area contributed by atoms with Crippen molar-refractivity contribution in [3.05, 3.63) is 41.7 Å². The van der Waals surface area contributed by atoms with Crippen molar-refractivity contribution < 1.29 is 19.1 Å². The Balaban J connectivity index is 2.12. The normalized spacial score (nSPS) is 10.9. The number of para-hydroxylation sites is 1. The number of hydrogen-bond donors (Lipinski definition) is 2. The number of rotatable bonds is 8. The number of aliphatic carboxylic acids is 1. The van der Waals surface area contributed by atoms with Crippen LogP contribution < -0.4 is 5.32 Å². The lowest BCUT2D eigenvalue weighted by Crippen LogP contribution is -2.27. The summed E-state index contributed by atoms with van der Waals surface area (Å²) in [5.41, 5.74) is 0.231. The second-order valence-electron chi connectivity index (χ2n) is 5.51. The van der Waals surface area contributed by atoms with Crippen molar-refractivity contribution >= 4 is 23.6 Å². The lowest BCUT2D eigenvalue weighted by molar-refractivity contribution is -0.133. The highest BCUT2D eigenvalue weighted by atomic mass is 32.2. The lowest BCUT2D eigenvalue weighted by atomic mass is 10.2. The second-order valence-corrected chi connectivity index (χ2v) is 6.62. The molecule has 1 aromatic heterocycles. The van der Waals surface area contributed by atoms with Crippen molar-refractivity contribution in [1.29, 1.82) is 0 Å². The maximum absolute atomic E-state index is 14.0. The minimum absolute atomic E-state index is 0.0203. The molecule has 2 N–H and O–H groups in total. The van der Waals surface area contributed by atoms with E-state index < -0.39 is 17.7 Å². The molecule has 2 aromatic rings. The van der Waals surface area contributed by atoms with Crippen LogP contribution in [0, 0.1) is 5.82 Å². The van der Waals surface area contributed by atoms with Gasteiger partial charge in [-0.2, -0.15) is 0 Å². The highest BCUT2D eigenvalue weighted by Gasteiger charge is 2.20. The first kappa shape index (κ1) is 18.9. The Morgan fingerprint density at radius 3 is 2.72 bits per heavy atom. The predicted molar refractivity (Wildman–Crippen MR) is 92.7 cm³/mol. The molecule has 0 unspecified atom stereocenters. The van der Waals surface area contributed by atoms with Gasteiger partial charge < -0.3 is 10.4 Å². The van der Waals surface area contributed by atoms with Crippen molar-refractivity contribution in [1.82, 2.24) is 20.1 Å². The van der Waals surface area contributed by atoms with E-state index in [9.17, 15) is 14.0 Å². The first-order valence-corrected chi connectivity index (χ1v) is 8.85. The summed E-state index contributed by atoms with van der Waals surface area (Å²) in [6.45, 7) is 4.05. The van der Waals surface area contributed by atoms with Crippen molar-refractivity contribution in [3.63, 3.8) is 0 Å². The quantitative estimate of drug-likeness (QED) is 0.694. The fourth-order valence-corrected chi connectivity index (χ4v) is 2.64. The summed E-state index contributed by atoms with van der Waals surface area (Å²) in [6.07, 6.45) is 0. The summed E-state index contributed by atoms with van der Waals surface area (Å²) in [5, 5.41) is 15.3. The molecule has 1 heterocycles. The van der Waals surface area contributed by atoms with E-state index in [2.05, 4.69) is 15.4 Å². The van der Waals surface area contributed by atoms with Gasteiger partial charge in [0.1, 0.15) is 17.3 Å². The predicted octanol–water partition coefficient (Wildman–Crippen LogP) is 2.08. The van der Waals surface area contributed by atoms with Crippen LogP contribution in [-0.4, -0.2) is 49.8 Å². The summed E-state index contributed by atoms with van der Waals surface area (Å²) >= 11 is 1.20. The van der Waals surface area contributed by atoms with Gasteiger partial charge in [0, 0.05) is 18.2 Å². The van der Waals surface area contributed by atoms with Crippen LogP contribution in [0.4, 0.5) is 4.39 Å². The molecule has 25 heavy (non-hydrogen) atoms. The average Bonchev–Trinajstić information content (AvgIpc) is 3.00. The third kappa shape index (κ3) is 5.02. The second kappa shape index (κ2) is 8.61. The molecule has 2 rings (SSSR count). The largest absolute Gasteiger partial charge is 0.481 e. The molecule has 1 aromatic carbocycles. The lowest BCUT2D eigenvalue weighted by Gasteiger charge is -2.08. The number of aromatic nitrogens is 3. The van der Waals surface area contributed by atoms with Gasteiger partial charge in [0.15, 0.2) is 0 Å². The molecule has 7 nitrogen and oxygen atoms in total. The van der Waals surface area contributed by atoms with Gasteiger partial charge in [0.25, 0.3) is 5.91 Å². The summed E-state index contributed by atoms with van der Waals surface area (Å²) in [6, 6.07) is 6.15. The third-order valence-electron chi connectivity index (χ3n) is 3.19. The van der Waals surface area contributed by atoms with Crippen LogP contribution in [0.2, 0.25) is 0 Å². The molecule has 134 valence electrons. The van der Waals surface area contributed by atoms with E-state index in [0.717, 1.165) is 0 Å². The number of thioether (sulfide) groups is 1. The molecule has 0 radical (unpaired) electrons. The van der Waals surface area contributed by atoms with Crippen molar-refractivity contribution in [2.45, 2.75) is 19.8 Å².